The SMILES string of the molecule is Cc1cc(C)nc(N/C(=N/C(=S)Nc2cccc(C)c2Cl)N2CCCC(C)C2)n1. The van der Waals surface area contributed by atoms with E-state index < -0.39 is 0 Å². The first kappa shape index (κ1) is 21.5. The van der Waals surface area contributed by atoms with E-state index in [1.807, 2.05) is 45.0 Å². The summed E-state index contributed by atoms with van der Waals surface area (Å²) in [5, 5.41) is 7.41. The van der Waals surface area contributed by atoms with Gasteiger partial charge in [0.2, 0.25) is 17.0 Å². The minimum absolute atomic E-state index is 0.336. The van der Waals surface area contributed by atoms with Gasteiger partial charge in [0.25, 0.3) is 0 Å². The summed E-state index contributed by atoms with van der Waals surface area (Å²) in [4.78, 5) is 15.9. The van der Waals surface area contributed by atoms with Crippen molar-refractivity contribution in [2.24, 2.45) is 10.9 Å². The molecule has 1 saturated heterocycles. The third kappa shape index (κ3) is 5.87. The molecular formula is C21H27ClN6S. The molecule has 2 N–H and O–H groups in total. The minimum atomic E-state index is 0.336. The van der Waals surface area contributed by atoms with Crippen LogP contribution in [0.1, 0.15) is 36.7 Å². The first-order chi connectivity index (χ1) is 13.8. The van der Waals surface area contributed by atoms with Crippen LogP contribution < -0.4 is 10.6 Å². The van der Waals surface area contributed by atoms with Gasteiger partial charge in [-0.25, -0.2) is 9.97 Å². The molecule has 1 aromatic heterocycles. The van der Waals surface area contributed by atoms with Crippen LogP contribution in [0.25, 0.3) is 0 Å². The van der Waals surface area contributed by atoms with Crippen LogP contribution >= 0.6 is 23.8 Å². The predicted molar refractivity (Wildman–Crippen MR) is 125 cm³/mol. The van der Waals surface area contributed by atoms with Crippen molar-refractivity contribution in [1.82, 2.24) is 14.9 Å². The van der Waals surface area contributed by atoms with Crippen molar-refractivity contribution in [1.29, 1.82) is 0 Å². The normalized spacial score (nSPS) is 17.2. The van der Waals surface area contributed by atoms with Gasteiger partial charge in [0.15, 0.2) is 0 Å². The molecule has 0 radical (unpaired) electrons. The molecule has 154 valence electrons. The monoisotopic (exact) mass is 430 g/mol. The van der Waals surface area contributed by atoms with Crippen LogP contribution in [0.15, 0.2) is 29.3 Å². The fourth-order valence-corrected chi connectivity index (χ4v) is 3.79. The van der Waals surface area contributed by atoms with Gasteiger partial charge in [-0.1, -0.05) is 30.7 Å². The Labute approximate surface area is 182 Å². The molecule has 0 saturated carbocycles. The molecule has 6 nitrogen and oxygen atoms in total. The molecule has 1 unspecified atom stereocenters. The number of piperidine rings is 1. The zero-order chi connectivity index (χ0) is 21.0. The average molecular weight is 431 g/mol. The predicted octanol–water partition coefficient (Wildman–Crippen LogP) is 4.95. The van der Waals surface area contributed by atoms with Crippen LogP contribution in [0, 0.1) is 26.7 Å². The number of aryl methyl sites for hydroxylation is 3. The van der Waals surface area contributed by atoms with Gasteiger partial charge in [0, 0.05) is 24.5 Å². The van der Waals surface area contributed by atoms with Gasteiger partial charge in [-0.05, 0) is 69.4 Å². The highest BCUT2D eigenvalue weighted by atomic mass is 35.5. The van der Waals surface area contributed by atoms with E-state index in [1.54, 1.807) is 0 Å². The number of hydrogen-bond donors (Lipinski definition) is 2. The number of aliphatic imine (C=N–C) groups is 1. The van der Waals surface area contributed by atoms with Gasteiger partial charge < -0.3 is 10.2 Å². The number of aromatic nitrogens is 2. The first-order valence-corrected chi connectivity index (χ1v) is 10.6. The number of thiocarbonyl (C=S) groups is 1. The van der Waals surface area contributed by atoms with Crippen LogP contribution in [0.3, 0.4) is 0 Å². The van der Waals surface area contributed by atoms with E-state index in [1.165, 1.54) is 6.42 Å². The summed E-state index contributed by atoms with van der Waals surface area (Å²) in [5.74, 6) is 1.77. The molecule has 0 aliphatic carbocycles. The van der Waals surface area contributed by atoms with Crippen molar-refractivity contribution >= 4 is 46.5 Å². The Morgan fingerprint density at radius 3 is 2.62 bits per heavy atom. The number of rotatable bonds is 2. The third-order valence-corrected chi connectivity index (χ3v) is 5.50. The molecule has 29 heavy (non-hydrogen) atoms. The number of anilines is 2. The number of guanidine groups is 1. The average Bonchev–Trinajstić information content (AvgIpc) is 2.64. The van der Waals surface area contributed by atoms with E-state index in [2.05, 4.69) is 37.4 Å². The van der Waals surface area contributed by atoms with Crippen molar-refractivity contribution in [3.05, 3.63) is 46.2 Å². The second-order valence-electron chi connectivity index (χ2n) is 7.59. The topological polar surface area (TPSA) is 65.4 Å². The number of nitrogens with one attached hydrogen (secondary N) is 2. The Morgan fingerprint density at radius 2 is 1.93 bits per heavy atom. The molecule has 1 fully saturated rings. The van der Waals surface area contributed by atoms with Crippen molar-refractivity contribution < 1.29 is 0 Å². The number of nitrogens with zero attached hydrogens (tertiary/aromatic N) is 4. The maximum atomic E-state index is 6.39. The highest BCUT2D eigenvalue weighted by Gasteiger charge is 2.21. The van der Waals surface area contributed by atoms with E-state index in [0.717, 1.165) is 42.1 Å². The summed E-state index contributed by atoms with van der Waals surface area (Å²) in [7, 11) is 0. The number of hydrogen-bond acceptors (Lipinski definition) is 3. The molecule has 0 spiro atoms. The van der Waals surface area contributed by atoms with E-state index in [9.17, 15) is 0 Å². The van der Waals surface area contributed by atoms with Crippen molar-refractivity contribution in [3.63, 3.8) is 0 Å². The first-order valence-electron chi connectivity index (χ1n) is 9.81. The second-order valence-corrected chi connectivity index (χ2v) is 8.36. The molecule has 1 atom stereocenters. The highest BCUT2D eigenvalue weighted by molar-refractivity contribution is 7.80. The van der Waals surface area contributed by atoms with Gasteiger partial charge >= 0.3 is 0 Å². The highest BCUT2D eigenvalue weighted by Crippen LogP contribution is 2.25. The largest absolute Gasteiger partial charge is 0.342 e. The van der Waals surface area contributed by atoms with Crippen LogP contribution in [0.2, 0.25) is 5.02 Å². The lowest BCUT2D eigenvalue weighted by molar-refractivity contribution is 0.273. The molecule has 3 rings (SSSR count). The van der Waals surface area contributed by atoms with Crippen LogP contribution in [0.5, 0.6) is 0 Å². The van der Waals surface area contributed by atoms with Gasteiger partial charge in [-0.15, -0.1) is 0 Å². The number of benzene rings is 1. The van der Waals surface area contributed by atoms with Gasteiger partial charge in [0.05, 0.1) is 10.7 Å². The quantitative estimate of drug-likeness (QED) is 0.399. The fraction of sp³-hybridized carbons (Fsp3) is 0.429. The Hall–Kier alpha value is -2.25. The Bertz CT molecular complexity index is 909. The Balaban J connectivity index is 1.86. The molecule has 2 aromatic rings. The molecule has 8 heteroatoms. The lowest BCUT2D eigenvalue weighted by Gasteiger charge is -2.33. The van der Waals surface area contributed by atoms with Gasteiger partial charge in [0.1, 0.15) is 0 Å². The van der Waals surface area contributed by atoms with E-state index in [4.69, 9.17) is 23.8 Å². The standard InChI is InChI=1S/C21H27ClN6S/c1-13-7-6-10-28(12-13)20(26-19-23-15(3)11-16(4)24-19)27-21(29)25-17-9-5-8-14(2)18(17)22/h5,8-9,11,13H,6-7,10,12H2,1-4H3,(H2,23,24,25,26,27,29). The maximum absolute atomic E-state index is 6.39. The molecule has 1 aliphatic rings. The number of halogens is 1. The lowest BCUT2D eigenvalue weighted by atomic mass is 10.0. The van der Waals surface area contributed by atoms with Crippen LogP contribution in [-0.4, -0.2) is 39.0 Å². The molecule has 2 heterocycles. The summed E-state index contributed by atoms with van der Waals surface area (Å²) < 4.78 is 0. The molecule has 1 aliphatic heterocycles. The Kier molecular flexibility index (Phi) is 7.03. The zero-order valence-corrected chi connectivity index (χ0v) is 18.9. The second kappa shape index (κ2) is 9.50. The molecule has 0 bridgehead atoms. The summed E-state index contributed by atoms with van der Waals surface area (Å²) in [5.41, 5.74) is 3.53. The minimum Gasteiger partial charge on any atom is -0.342 e. The summed E-state index contributed by atoms with van der Waals surface area (Å²) >= 11 is 11.9. The molecule has 0 amide bonds. The zero-order valence-electron chi connectivity index (χ0n) is 17.3. The van der Waals surface area contributed by atoms with Crippen molar-refractivity contribution in [2.45, 2.75) is 40.5 Å². The van der Waals surface area contributed by atoms with Crippen molar-refractivity contribution in [2.75, 3.05) is 23.7 Å². The van der Waals surface area contributed by atoms with Crippen LogP contribution in [0.4, 0.5) is 11.6 Å². The van der Waals surface area contributed by atoms with E-state index in [-0.39, 0.29) is 0 Å². The van der Waals surface area contributed by atoms with Crippen molar-refractivity contribution in [3.8, 4) is 0 Å². The third-order valence-electron chi connectivity index (χ3n) is 4.80. The van der Waals surface area contributed by atoms with Crippen LogP contribution in [-0.2, 0) is 0 Å². The summed E-state index contributed by atoms with van der Waals surface area (Å²) in [6, 6.07) is 7.72. The molecular weight excluding hydrogens is 404 g/mol. The fourth-order valence-electron chi connectivity index (χ4n) is 3.42. The summed E-state index contributed by atoms with van der Waals surface area (Å²) in [6.45, 7) is 9.93. The van der Waals surface area contributed by atoms with Gasteiger partial charge in [-0.2, -0.15) is 4.99 Å². The van der Waals surface area contributed by atoms with E-state index >= 15 is 0 Å². The number of likely N-dealkylation sites (tertiary alicyclic amines) is 1. The molecule has 1 aromatic carbocycles. The maximum Gasteiger partial charge on any atom is 0.229 e. The Morgan fingerprint density at radius 1 is 1.21 bits per heavy atom. The lowest BCUT2D eigenvalue weighted by Crippen LogP contribution is -2.43. The summed E-state index contributed by atoms with van der Waals surface area (Å²) in [6.07, 6.45) is 2.32. The van der Waals surface area contributed by atoms with Gasteiger partial charge in [-0.3, -0.25) is 5.32 Å². The van der Waals surface area contributed by atoms with E-state index in [0.29, 0.717) is 28.0 Å². The smallest absolute Gasteiger partial charge is 0.229 e.